The number of rotatable bonds is 4. The molecule has 1 aromatic carbocycles. The second-order valence-electron chi connectivity index (χ2n) is 5.13. The molecule has 0 saturated carbocycles. The number of fused-ring (bicyclic) bond motifs is 1. The smallest absolute Gasteiger partial charge is 0.0795 e. The van der Waals surface area contributed by atoms with Crippen molar-refractivity contribution in [2.24, 2.45) is 0 Å². The van der Waals surface area contributed by atoms with Crippen LogP contribution in [-0.2, 0) is 19.5 Å². The van der Waals surface area contributed by atoms with Crippen LogP contribution in [0.5, 0.6) is 0 Å². The number of aromatic nitrogens is 1. The van der Waals surface area contributed by atoms with Gasteiger partial charge in [0.25, 0.3) is 0 Å². The lowest BCUT2D eigenvalue weighted by Crippen LogP contribution is -2.20. The maximum atomic E-state index is 4.35. The quantitative estimate of drug-likeness (QED) is 0.927. The predicted octanol–water partition coefficient (Wildman–Crippen LogP) is 3.13. The maximum absolute atomic E-state index is 4.35. The zero-order valence-corrected chi connectivity index (χ0v) is 12.0. The summed E-state index contributed by atoms with van der Waals surface area (Å²) in [5.74, 6) is 0. The molecule has 0 amide bonds. The number of hydrogen-bond donors (Lipinski definition) is 1. The molecule has 0 radical (unpaired) electrons. The lowest BCUT2D eigenvalue weighted by Gasteiger charge is -2.23. The van der Waals surface area contributed by atoms with Crippen LogP contribution in [0.15, 0.2) is 29.1 Å². The van der Waals surface area contributed by atoms with E-state index in [-0.39, 0.29) is 0 Å². The molecule has 0 aliphatic carbocycles. The van der Waals surface area contributed by atoms with Crippen LogP contribution in [0.25, 0.3) is 0 Å². The van der Waals surface area contributed by atoms with Crippen molar-refractivity contribution in [1.82, 2.24) is 9.88 Å². The van der Waals surface area contributed by atoms with Crippen LogP contribution in [0.2, 0.25) is 0 Å². The highest BCUT2D eigenvalue weighted by Gasteiger charge is 2.13. The van der Waals surface area contributed by atoms with Crippen LogP contribution < -0.4 is 5.32 Å². The molecule has 2 heterocycles. The van der Waals surface area contributed by atoms with Crippen LogP contribution in [-0.4, -0.2) is 23.5 Å². The van der Waals surface area contributed by atoms with Crippen LogP contribution in [0, 0.1) is 0 Å². The van der Waals surface area contributed by atoms with E-state index >= 15 is 0 Å². The van der Waals surface area contributed by atoms with E-state index in [2.05, 4.69) is 45.8 Å². The van der Waals surface area contributed by atoms with E-state index in [1.165, 1.54) is 29.7 Å². The monoisotopic (exact) mass is 273 g/mol. The first-order valence-electron chi connectivity index (χ1n) is 6.73. The van der Waals surface area contributed by atoms with Crippen molar-refractivity contribution in [3.63, 3.8) is 0 Å². The van der Waals surface area contributed by atoms with Gasteiger partial charge in [-0.15, -0.1) is 11.3 Å². The van der Waals surface area contributed by atoms with E-state index in [1.807, 2.05) is 5.51 Å². The summed E-state index contributed by atoms with van der Waals surface area (Å²) in [7, 11) is 2.16. The fourth-order valence-corrected chi connectivity index (χ4v) is 3.22. The Morgan fingerprint density at radius 1 is 1.37 bits per heavy atom. The Labute approximate surface area is 118 Å². The first kappa shape index (κ1) is 12.6. The van der Waals surface area contributed by atoms with Gasteiger partial charge in [-0.1, -0.05) is 12.1 Å². The molecule has 0 saturated heterocycles. The molecule has 0 atom stereocenters. The Balaban J connectivity index is 1.72. The average Bonchev–Trinajstić information content (AvgIpc) is 2.92. The Morgan fingerprint density at radius 3 is 3.16 bits per heavy atom. The summed E-state index contributed by atoms with van der Waals surface area (Å²) in [6.45, 7) is 3.01. The highest BCUT2D eigenvalue weighted by Crippen LogP contribution is 2.26. The molecule has 3 rings (SSSR count). The molecular weight excluding hydrogens is 254 g/mol. The van der Waals surface area contributed by atoms with Crippen molar-refractivity contribution in [3.8, 4) is 0 Å². The SMILES string of the molecule is CN(Cc1cscn1)Cc1cccc2c1CCCN2. The van der Waals surface area contributed by atoms with Crippen molar-refractivity contribution in [1.29, 1.82) is 0 Å². The van der Waals surface area contributed by atoms with Crippen LogP contribution in [0.3, 0.4) is 0 Å². The number of nitrogens with one attached hydrogen (secondary N) is 1. The first-order chi connectivity index (χ1) is 9.33. The number of nitrogens with zero attached hydrogens (tertiary/aromatic N) is 2. The summed E-state index contributed by atoms with van der Waals surface area (Å²) in [5, 5.41) is 5.62. The van der Waals surface area contributed by atoms with Crippen molar-refractivity contribution >= 4 is 17.0 Å². The van der Waals surface area contributed by atoms with Gasteiger partial charge >= 0.3 is 0 Å². The minimum atomic E-state index is 0.917. The largest absolute Gasteiger partial charge is 0.385 e. The third-order valence-corrected chi connectivity index (χ3v) is 4.18. The molecule has 1 aromatic heterocycles. The fraction of sp³-hybridized carbons (Fsp3) is 0.400. The van der Waals surface area contributed by atoms with E-state index in [0.29, 0.717) is 0 Å². The molecule has 0 spiro atoms. The van der Waals surface area contributed by atoms with Gasteiger partial charge in [0.15, 0.2) is 0 Å². The summed E-state index contributed by atoms with van der Waals surface area (Å²) in [5.41, 5.74) is 7.33. The van der Waals surface area contributed by atoms with Crippen LogP contribution >= 0.6 is 11.3 Å². The third kappa shape index (κ3) is 2.96. The second kappa shape index (κ2) is 5.72. The lowest BCUT2D eigenvalue weighted by atomic mass is 9.97. The Hall–Kier alpha value is -1.39. The van der Waals surface area contributed by atoms with Crippen molar-refractivity contribution in [2.45, 2.75) is 25.9 Å². The molecule has 0 bridgehead atoms. The molecule has 1 N–H and O–H groups in total. The van der Waals surface area contributed by atoms with E-state index < -0.39 is 0 Å². The summed E-state index contributed by atoms with van der Waals surface area (Å²) >= 11 is 1.66. The number of hydrogen-bond acceptors (Lipinski definition) is 4. The Bertz CT molecular complexity index is 536. The van der Waals surface area contributed by atoms with E-state index in [0.717, 1.165) is 25.3 Å². The number of benzene rings is 1. The normalized spacial score (nSPS) is 14.2. The molecular formula is C15H19N3S. The topological polar surface area (TPSA) is 28.2 Å². The van der Waals surface area contributed by atoms with Crippen molar-refractivity contribution < 1.29 is 0 Å². The van der Waals surface area contributed by atoms with Crippen molar-refractivity contribution in [2.75, 3.05) is 18.9 Å². The molecule has 0 fully saturated rings. The zero-order valence-electron chi connectivity index (χ0n) is 11.2. The van der Waals surface area contributed by atoms with Gasteiger partial charge in [-0.2, -0.15) is 0 Å². The highest BCUT2D eigenvalue weighted by molar-refractivity contribution is 7.07. The number of anilines is 1. The Morgan fingerprint density at radius 2 is 2.32 bits per heavy atom. The van der Waals surface area contributed by atoms with E-state index in [1.54, 1.807) is 11.3 Å². The molecule has 3 nitrogen and oxygen atoms in total. The van der Waals surface area contributed by atoms with E-state index in [9.17, 15) is 0 Å². The lowest BCUT2D eigenvalue weighted by molar-refractivity contribution is 0.314. The standard InChI is InChI=1S/C15H19N3S/c1-18(9-13-10-19-11-17-13)8-12-4-2-6-15-14(12)5-3-7-16-15/h2,4,6,10-11,16H,3,5,7-9H2,1H3. The van der Waals surface area contributed by atoms with E-state index in [4.69, 9.17) is 0 Å². The first-order valence-corrected chi connectivity index (χ1v) is 7.67. The van der Waals surface area contributed by atoms with Gasteiger partial charge in [-0.25, -0.2) is 4.98 Å². The molecule has 100 valence electrons. The summed E-state index contributed by atoms with van der Waals surface area (Å²) in [6.07, 6.45) is 2.43. The zero-order chi connectivity index (χ0) is 13.1. The molecule has 2 aromatic rings. The van der Waals surface area contributed by atoms with Gasteiger partial charge in [0.1, 0.15) is 0 Å². The highest BCUT2D eigenvalue weighted by atomic mass is 32.1. The average molecular weight is 273 g/mol. The van der Waals surface area contributed by atoms with Gasteiger partial charge in [0, 0.05) is 30.7 Å². The van der Waals surface area contributed by atoms with Gasteiger partial charge in [-0.3, -0.25) is 4.90 Å². The molecule has 19 heavy (non-hydrogen) atoms. The second-order valence-corrected chi connectivity index (χ2v) is 5.84. The molecule has 1 aliphatic rings. The van der Waals surface area contributed by atoms with Crippen LogP contribution in [0.4, 0.5) is 5.69 Å². The Kier molecular flexibility index (Phi) is 3.80. The summed E-state index contributed by atoms with van der Waals surface area (Å²) in [4.78, 5) is 6.68. The fourth-order valence-electron chi connectivity index (χ4n) is 2.67. The van der Waals surface area contributed by atoms with Gasteiger partial charge in [0.05, 0.1) is 11.2 Å². The third-order valence-electron chi connectivity index (χ3n) is 3.55. The molecule has 1 aliphatic heterocycles. The summed E-state index contributed by atoms with van der Waals surface area (Å²) in [6, 6.07) is 6.60. The summed E-state index contributed by atoms with van der Waals surface area (Å²) < 4.78 is 0. The molecule has 0 unspecified atom stereocenters. The minimum absolute atomic E-state index is 0.917. The number of thiazole rings is 1. The molecule has 4 heteroatoms. The maximum Gasteiger partial charge on any atom is 0.0795 e. The van der Waals surface area contributed by atoms with Gasteiger partial charge in [-0.05, 0) is 37.1 Å². The van der Waals surface area contributed by atoms with Crippen LogP contribution in [0.1, 0.15) is 23.2 Å². The minimum Gasteiger partial charge on any atom is -0.385 e. The van der Waals surface area contributed by atoms with Gasteiger partial charge in [0.2, 0.25) is 0 Å². The van der Waals surface area contributed by atoms with Crippen molar-refractivity contribution in [3.05, 3.63) is 45.9 Å². The predicted molar refractivity (Wildman–Crippen MR) is 80.5 cm³/mol. The van der Waals surface area contributed by atoms with Gasteiger partial charge < -0.3 is 5.32 Å².